The van der Waals surface area contributed by atoms with Gasteiger partial charge in [0.15, 0.2) is 0 Å². The molecule has 2 saturated heterocycles. The van der Waals surface area contributed by atoms with Crippen LogP contribution in [0.1, 0.15) is 0 Å². The summed E-state index contributed by atoms with van der Waals surface area (Å²) in [5.74, 6) is 0.0773. The van der Waals surface area contributed by atoms with Gasteiger partial charge in [0.25, 0.3) is 0 Å². The average molecular weight is 293 g/mol. The molecule has 72 valence electrons. The first-order chi connectivity index (χ1) is 6.09. The highest BCUT2D eigenvalue weighted by Gasteiger charge is 2.55. The van der Waals surface area contributed by atoms with Crippen LogP contribution in [-0.2, 0) is 4.74 Å². The molecule has 0 aromatic heterocycles. The number of likely N-dealkylation sites (tertiary alicyclic amines) is 1. The molecule has 0 spiro atoms. The molecule has 0 aliphatic carbocycles. The SMILES string of the molecule is [B][C@@H]1O[C@@]2(CI)CN(C)CC1C2O. The lowest BCUT2D eigenvalue weighted by atomic mass is 9.79. The van der Waals surface area contributed by atoms with Crippen molar-refractivity contribution < 1.29 is 9.84 Å². The minimum atomic E-state index is -0.419. The normalized spacial score (nSPS) is 51.2. The van der Waals surface area contributed by atoms with E-state index >= 15 is 0 Å². The second-order valence-electron chi connectivity index (χ2n) is 4.09. The molecule has 0 aromatic carbocycles. The van der Waals surface area contributed by atoms with Crippen molar-refractivity contribution in [3.63, 3.8) is 0 Å². The van der Waals surface area contributed by atoms with Gasteiger partial charge in [-0.15, -0.1) is 0 Å². The molecule has 0 aromatic rings. The van der Waals surface area contributed by atoms with Gasteiger partial charge in [-0.1, -0.05) is 22.6 Å². The molecule has 2 radical (unpaired) electrons. The highest BCUT2D eigenvalue weighted by atomic mass is 127. The molecular weight excluding hydrogens is 280 g/mol. The van der Waals surface area contributed by atoms with Gasteiger partial charge in [-0.2, -0.15) is 0 Å². The van der Waals surface area contributed by atoms with E-state index in [1.54, 1.807) is 0 Å². The first-order valence-corrected chi connectivity index (χ1v) is 5.97. The number of nitrogens with zero attached hydrogens (tertiary/aromatic N) is 1. The van der Waals surface area contributed by atoms with Crippen molar-refractivity contribution in [2.75, 3.05) is 24.6 Å². The maximum atomic E-state index is 10.0. The predicted molar refractivity (Wildman–Crippen MR) is 59.2 cm³/mol. The molecule has 2 fully saturated rings. The average Bonchev–Trinajstić information content (AvgIpc) is 2.26. The van der Waals surface area contributed by atoms with Crippen LogP contribution in [0, 0.1) is 5.92 Å². The third-order valence-electron chi connectivity index (χ3n) is 3.02. The number of fused-ring (bicyclic) bond motifs is 2. The van der Waals surface area contributed by atoms with E-state index in [1.807, 2.05) is 7.05 Å². The summed E-state index contributed by atoms with van der Waals surface area (Å²) in [5.41, 5.74) is -0.419. The third-order valence-corrected chi connectivity index (χ3v) is 4.31. The van der Waals surface area contributed by atoms with Crippen molar-refractivity contribution in [1.29, 1.82) is 0 Å². The lowest BCUT2D eigenvalue weighted by Crippen LogP contribution is -2.57. The molecular formula is C8H13BINO2. The molecule has 2 bridgehead atoms. The van der Waals surface area contributed by atoms with Crippen molar-refractivity contribution in [2.24, 2.45) is 5.92 Å². The Kier molecular flexibility index (Phi) is 2.64. The van der Waals surface area contributed by atoms with E-state index in [0.29, 0.717) is 0 Å². The first-order valence-electron chi connectivity index (χ1n) is 4.45. The van der Waals surface area contributed by atoms with Gasteiger partial charge in [0.2, 0.25) is 0 Å². The van der Waals surface area contributed by atoms with Crippen molar-refractivity contribution in [2.45, 2.75) is 17.7 Å². The first kappa shape index (κ1) is 10.2. The topological polar surface area (TPSA) is 32.7 Å². The van der Waals surface area contributed by atoms with E-state index in [-0.39, 0.29) is 11.9 Å². The van der Waals surface area contributed by atoms with Crippen molar-refractivity contribution in [3.8, 4) is 0 Å². The zero-order valence-corrected chi connectivity index (χ0v) is 9.77. The summed E-state index contributed by atoms with van der Waals surface area (Å²) >= 11 is 2.25. The van der Waals surface area contributed by atoms with Crippen LogP contribution >= 0.6 is 22.6 Å². The van der Waals surface area contributed by atoms with E-state index in [9.17, 15) is 5.11 Å². The second kappa shape index (κ2) is 3.36. The molecule has 2 rings (SSSR count). The molecule has 2 heterocycles. The monoisotopic (exact) mass is 293 g/mol. The number of hydrogen-bond acceptors (Lipinski definition) is 3. The van der Waals surface area contributed by atoms with Gasteiger partial charge in [0.1, 0.15) is 13.4 Å². The van der Waals surface area contributed by atoms with Crippen LogP contribution < -0.4 is 0 Å². The van der Waals surface area contributed by atoms with Crippen LogP contribution in [0.4, 0.5) is 0 Å². The number of aliphatic hydroxyl groups is 1. The van der Waals surface area contributed by atoms with Crippen LogP contribution in [0.25, 0.3) is 0 Å². The Morgan fingerprint density at radius 2 is 2.46 bits per heavy atom. The maximum absolute atomic E-state index is 10.0. The Balaban J connectivity index is 2.26. The maximum Gasteiger partial charge on any atom is 0.115 e. The van der Waals surface area contributed by atoms with Crippen LogP contribution in [0.5, 0.6) is 0 Å². The third kappa shape index (κ3) is 1.44. The minimum Gasteiger partial charge on any atom is -0.390 e. The van der Waals surface area contributed by atoms with E-state index < -0.39 is 11.7 Å². The van der Waals surface area contributed by atoms with E-state index in [4.69, 9.17) is 12.6 Å². The van der Waals surface area contributed by atoms with Gasteiger partial charge in [0, 0.05) is 29.4 Å². The van der Waals surface area contributed by atoms with E-state index in [1.165, 1.54) is 0 Å². The zero-order chi connectivity index (χ0) is 9.64. The van der Waals surface area contributed by atoms with Gasteiger partial charge in [-0.05, 0) is 7.05 Å². The molecule has 13 heavy (non-hydrogen) atoms. The Hall–Kier alpha value is 0.675. The van der Waals surface area contributed by atoms with Gasteiger partial charge < -0.3 is 14.7 Å². The fourth-order valence-electron chi connectivity index (χ4n) is 2.37. The highest BCUT2D eigenvalue weighted by molar-refractivity contribution is 14.1. The second-order valence-corrected chi connectivity index (χ2v) is 4.85. The van der Waals surface area contributed by atoms with E-state index in [2.05, 4.69) is 27.5 Å². The van der Waals surface area contributed by atoms with Gasteiger partial charge in [-0.3, -0.25) is 0 Å². The standard InChI is InChI=1S/C8H13BINO2/c1-11-2-5-6(12)8(3-10,4-11)13-7(5)9/h5-7,12H,2-4H2,1H3/t5?,6?,7-,8+/m1/s1. The van der Waals surface area contributed by atoms with Gasteiger partial charge >= 0.3 is 0 Å². The Morgan fingerprint density at radius 1 is 1.77 bits per heavy atom. The number of hydrogen-bond donors (Lipinski definition) is 1. The molecule has 0 saturated carbocycles. The minimum absolute atomic E-state index is 0.0773. The smallest absolute Gasteiger partial charge is 0.115 e. The molecule has 2 aliphatic heterocycles. The van der Waals surface area contributed by atoms with Crippen LogP contribution in [-0.4, -0.2) is 60.1 Å². The number of alkyl halides is 1. The highest BCUT2D eigenvalue weighted by Crippen LogP contribution is 2.40. The van der Waals surface area contributed by atoms with Crippen molar-refractivity contribution in [1.82, 2.24) is 4.90 Å². The number of rotatable bonds is 1. The molecule has 5 heteroatoms. The molecule has 3 nitrogen and oxygen atoms in total. The summed E-state index contributed by atoms with van der Waals surface area (Å²) < 4.78 is 6.48. The molecule has 1 N–H and O–H groups in total. The molecule has 4 atom stereocenters. The van der Waals surface area contributed by atoms with Crippen LogP contribution in [0.2, 0.25) is 0 Å². The molecule has 2 aliphatic rings. The lowest BCUT2D eigenvalue weighted by molar-refractivity contribution is -0.0745. The summed E-state index contributed by atoms with van der Waals surface area (Å²) in [6, 6.07) is -0.297. The Labute approximate surface area is 93.4 Å². The lowest BCUT2D eigenvalue weighted by Gasteiger charge is -2.39. The summed E-state index contributed by atoms with van der Waals surface area (Å²) in [4.78, 5) is 2.18. The summed E-state index contributed by atoms with van der Waals surface area (Å²) in [6.07, 6.45) is -0.393. The zero-order valence-electron chi connectivity index (χ0n) is 7.61. The summed E-state index contributed by atoms with van der Waals surface area (Å²) in [5, 5.41) is 10.0. The quantitative estimate of drug-likeness (QED) is 0.406. The number of halogens is 1. The fourth-order valence-corrected chi connectivity index (χ4v) is 3.24. The summed E-state index contributed by atoms with van der Waals surface area (Å²) in [7, 11) is 7.86. The fraction of sp³-hybridized carbons (Fsp3) is 1.00. The van der Waals surface area contributed by atoms with E-state index in [0.717, 1.165) is 17.5 Å². The number of aliphatic hydroxyl groups excluding tert-OH is 1. The van der Waals surface area contributed by atoms with Crippen LogP contribution in [0.3, 0.4) is 0 Å². The van der Waals surface area contributed by atoms with Gasteiger partial charge in [-0.25, -0.2) is 0 Å². The molecule has 0 amide bonds. The number of ether oxygens (including phenoxy) is 1. The largest absolute Gasteiger partial charge is 0.390 e. The molecule has 2 unspecified atom stereocenters. The van der Waals surface area contributed by atoms with Gasteiger partial charge in [0.05, 0.1) is 6.10 Å². The Morgan fingerprint density at radius 3 is 3.08 bits per heavy atom. The number of likely N-dealkylation sites (N-methyl/N-ethyl adjacent to an activating group) is 1. The number of piperidine rings is 1. The Bertz CT molecular complexity index is 214. The predicted octanol–water partition coefficient (Wildman–Crippen LogP) is -0.393. The summed E-state index contributed by atoms with van der Waals surface area (Å²) in [6.45, 7) is 1.61. The van der Waals surface area contributed by atoms with Crippen LogP contribution in [0.15, 0.2) is 0 Å². The van der Waals surface area contributed by atoms with Crippen molar-refractivity contribution >= 4 is 30.4 Å². The van der Waals surface area contributed by atoms with Crippen molar-refractivity contribution in [3.05, 3.63) is 0 Å².